The minimum absolute atomic E-state index is 0. The monoisotopic (exact) mass is 540 g/mol. The van der Waals surface area contributed by atoms with Gasteiger partial charge in [-0.1, -0.05) is 50.7 Å². The van der Waals surface area contributed by atoms with E-state index in [2.05, 4.69) is 20.8 Å². The fraction of sp³-hybridized carbons (Fsp3) is 0.609. The van der Waals surface area contributed by atoms with Gasteiger partial charge in [-0.25, -0.2) is 4.99 Å². The van der Waals surface area contributed by atoms with Crippen molar-refractivity contribution in [2.45, 2.75) is 65.0 Å². The summed E-state index contributed by atoms with van der Waals surface area (Å²) >= 11 is 0. The lowest BCUT2D eigenvalue weighted by molar-refractivity contribution is 0.414. The zero-order valence-corrected chi connectivity index (χ0v) is 21.4. The van der Waals surface area contributed by atoms with E-state index in [1.54, 1.807) is 7.11 Å². The zero-order valence-electron chi connectivity index (χ0n) is 19.1. The van der Waals surface area contributed by atoms with Gasteiger partial charge in [0, 0.05) is 13.6 Å². The van der Waals surface area contributed by atoms with Gasteiger partial charge in [0.05, 0.1) is 20.2 Å². The minimum Gasteiger partial charge on any atom is -0.497 e. The maximum atomic E-state index is 5.23. The molecule has 0 atom stereocenters. The van der Waals surface area contributed by atoms with Gasteiger partial charge in [-0.05, 0) is 37.0 Å². The van der Waals surface area contributed by atoms with Crippen LogP contribution in [0.5, 0.6) is 5.75 Å². The molecule has 0 saturated heterocycles. The fourth-order valence-corrected chi connectivity index (χ4v) is 3.91. The Morgan fingerprint density at radius 1 is 1.13 bits per heavy atom. The van der Waals surface area contributed by atoms with Crippen LogP contribution in [0, 0.1) is 12.8 Å². The van der Waals surface area contributed by atoms with Gasteiger partial charge in [-0.3, -0.25) is 0 Å². The van der Waals surface area contributed by atoms with Crippen LogP contribution in [0.25, 0.3) is 0 Å². The van der Waals surface area contributed by atoms with Gasteiger partial charge in [0.25, 0.3) is 0 Å². The van der Waals surface area contributed by atoms with Crippen LogP contribution in [-0.4, -0.2) is 34.4 Å². The number of ether oxygens (including phenoxy) is 1. The van der Waals surface area contributed by atoms with Crippen molar-refractivity contribution in [2.75, 3.05) is 13.7 Å². The SMILES string of the molecule is COc1ccc(CN=C(NCCCCC2CCCC2)NCc2nnc(C)n2C)cc1.I. The largest absolute Gasteiger partial charge is 0.497 e. The standard InChI is InChI=1S/C23H36N6O.HI/c1-18-27-28-22(29(18)2)17-26-23(24-15-7-6-10-19-8-4-5-9-19)25-16-20-11-13-21(30-3)14-12-20;/h11-14,19H,4-10,15-17H2,1-3H3,(H2,24,25,26);1H. The molecule has 1 heterocycles. The Labute approximate surface area is 203 Å². The van der Waals surface area contributed by atoms with E-state index in [-0.39, 0.29) is 24.0 Å². The molecule has 2 aromatic rings. The molecule has 1 fully saturated rings. The van der Waals surface area contributed by atoms with Crippen molar-refractivity contribution in [1.29, 1.82) is 0 Å². The van der Waals surface area contributed by atoms with E-state index in [1.165, 1.54) is 44.9 Å². The molecule has 0 radical (unpaired) electrons. The molecule has 0 bridgehead atoms. The quantitative estimate of drug-likeness (QED) is 0.203. The number of hydrogen-bond donors (Lipinski definition) is 2. The number of aryl methyl sites for hydroxylation is 1. The third-order valence-corrected chi connectivity index (χ3v) is 5.98. The predicted molar refractivity (Wildman–Crippen MR) is 136 cm³/mol. The highest BCUT2D eigenvalue weighted by atomic mass is 127. The normalized spacial score (nSPS) is 14.4. The summed E-state index contributed by atoms with van der Waals surface area (Å²) in [5.74, 6) is 4.44. The number of halogens is 1. The molecule has 0 amide bonds. The van der Waals surface area contributed by atoms with E-state index in [9.17, 15) is 0 Å². The van der Waals surface area contributed by atoms with E-state index in [1.807, 2.05) is 42.8 Å². The number of aromatic nitrogens is 3. The first-order valence-electron chi connectivity index (χ1n) is 11.2. The minimum atomic E-state index is 0. The van der Waals surface area contributed by atoms with E-state index in [0.717, 1.165) is 41.4 Å². The molecule has 31 heavy (non-hydrogen) atoms. The summed E-state index contributed by atoms with van der Waals surface area (Å²) in [6.07, 6.45) is 9.54. The van der Waals surface area contributed by atoms with Crippen LogP contribution in [0.15, 0.2) is 29.3 Å². The number of benzene rings is 1. The van der Waals surface area contributed by atoms with Crippen molar-refractivity contribution >= 4 is 29.9 Å². The molecule has 0 spiro atoms. The number of aliphatic imine (C=N–C) groups is 1. The van der Waals surface area contributed by atoms with Crippen LogP contribution >= 0.6 is 24.0 Å². The number of nitrogens with zero attached hydrogens (tertiary/aromatic N) is 4. The molecule has 1 aromatic carbocycles. The third-order valence-electron chi connectivity index (χ3n) is 5.98. The molecule has 1 saturated carbocycles. The summed E-state index contributed by atoms with van der Waals surface area (Å²) in [5.41, 5.74) is 1.15. The van der Waals surface area contributed by atoms with Crippen molar-refractivity contribution in [1.82, 2.24) is 25.4 Å². The van der Waals surface area contributed by atoms with E-state index >= 15 is 0 Å². The molecule has 0 unspecified atom stereocenters. The lowest BCUT2D eigenvalue weighted by Crippen LogP contribution is -2.38. The number of rotatable bonds is 10. The van der Waals surface area contributed by atoms with Gasteiger partial charge in [0.2, 0.25) is 0 Å². The first-order valence-corrected chi connectivity index (χ1v) is 11.2. The van der Waals surface area contributed by atoms with E-state index in [4.69, 9.17) is 9.73 Å². The molecular weight excluding hydrogens is 503 g/mol. The van der Waals surface area contributed by atoms with Crippen LogP contribution in [0.3, 0.4) is 0 Å². The van der Waals surface area contributed by atoms with E-state index < -0.39 is 0 Å². The summed E-state index contributed by atoms with van der Waals surface area (Å²) in [4.78, 5) is 4.77. The fourth-order valence-electron chi connectivity index (χ4n) is 3.91. The molecule has 1 aliphatic rings. The molecular formula is C23H37IN6O. The molecule has 1 aliphatic carbocycles. The highest BCUT2D eigenvalue weighted by Gasteiger charge is 2.14. The Hall–Kier alpha value is -1.84. The lowest BCUT2D eigenvalue weighted by Gasteiger charge is -2.13. The van der Waals surface area contributed by atoms with Gasteiger partial charge in [-0.2, -0.15) is 0 Å². The van der Waals surface area contributed by atoms with Crippen molar-refractivity contribution in [3.05, 3.63) is 41.5 Å². The molecule has 2 N–H and O–H groups in total. The second kappa shape index (κ2) is 13.5. The van der Waals surface area contributed by atoms with Gasteiger partial charge in [-0.15, -0.1) is 34.2 Å². The van der Waals surface area contributed by atoms with Crippen molar-refractivity contribution in [2.24, 2.45) is 18.0 Å². The van der Waals surface area contributed by atoms with Crippen LogP contribution in [0.2, 0.25) is 0 Å². The number of guanidine groups is 1. The van der Waals surface area contributed by atoms with Gasteiger partial charge in [0.1, 0.15) is 11.6 Å². The summed E-state index contributed by atoms with van der Waals surface area (Å²) < 4.78 is 7.23. The second-order valence-electron chi connectivity index (χ2n) is 8.16. The maximum absolute atomic E-state index is 5.23. The first-order chi connectivity index (χ1) is 14.7. The Morgan fingerprint density at radius 3 is 2.52 bits per heavy atom. The molecule has 3 rings (SSSR count). The highest BCUT2D eigenvalue weighted by molar-refractivity contribution is 14.0. The summed E-state index contributed by atoms with van der Waals surface area (Å²) in [6, 6.07) is 8.04. The third kappa shape index (κ3) is 8.31. The maximum Gasteiger partial charge on any atom is 0.191 e. The number of nitrogens with one attached hydrogen (secondary N) is 2. The Balaban J connectivity index is 0.00000341. The summed E-state index contributed by atoms with van der Waals surface area (Å²) in [5, 5.41) is 15.3. The second-order valence-corrected chi connectivity index (χ2v) is 8.16. The van der Waals surface area contributed by atoms with E-state index in [0.29, 0.717) is 13.1 Å². The van der Waals surface area contributed by atoms with Gasteiger partial charge in [0.15, 0.2) is 11.8 Å². The van der Waals surface area contributed by atoms with Crippen molar-refractivity contribution in [3.63, 3.8) is 0 Å². The summed E-state index contributed by atoms with van der Waals surface area (Å²) in [6.45, 7) is 4.09. The first kappa shape index (κ1) is 25.4. The predicted octanol–water partition coefficient (Wildman–Crippen LogP) is 4.35. The van der Waals surface area contributed by atoms with Crippen LogP contribution in [0.1, 0.15) is 62.2 Å². The summed E-state index contributed by atoms with van der Waals surface area (Å²) in [7, 11) is 3.66. The molecule has 7 nitrogen and oxygen atoms in total. The lowest BCUT2D eigenvalue weighted by atomic mass is 10.0. The molecule has 1 aromatic heterocycles. The molecule has 172 valence electrons. The Bertz CT molecular complexity index is 799. The number of methoxy groups -OCH3 is 1. The number of unbranched alkanes of at least 4 members (excludes halogenated alkanes) is 1. The Kier molecular flexibility index (Phi) is 11.1. The Morgan fingerprint density at radius 2 is 1.87 bits per heavy atom. The van der Waals surface area contributed by atoms with Gasteiger partial charge < -0.3 is 19.9 Å². The van der Waals surface area contributed by atoms with Crippen molar-refractivity contribution < 1.29 is 4.74 Å². The van der Waals surface area contributed by atoms with Gasteiger partial charge >= 0.3 is 0 Å². The topological polar surface area (TPSA) is 76.4 Å². The van der Waals surface area contributed by atoms with Crippen LogP contribution in [-0.2, 0) is 20.1 Å². The van der Waals surface area contributed by atoms with Crippen molar-refractivity contribution in [3.8, 4) is 5.75 Å². The average molecular weight is 540 g/mol. The zero-order chi connectivity index (χ0) is 21.2. The highest BCUT2D eigenvalue weighted by Crippen LogP contribution is 2.28. The van der Waals surface area contributed by atoms with Crippen LogP contribution in [0.4, 0.5) is 0 Å². The molecule has 0 aliphatic heterocycles. The smallest absolute Gasteiger partial charge is 0.191 e. The molecule has 8 heteroatoms. The average Bonchev–Trinajstić information content (AvgIpc) is 3.40. The van der Waals surface area contributed by atoms with Crippen LogP contribution < -0.4 is 15.4 Å². The number of hydrogen-bond acceptors (Lipinski definition) is 4.